The van der Waals surface area contributed by atoms with Gasteiger partial charge in [0.25, 0.3) is 0 Å². The second-order valence-corrected chi connectivity index (χ2v) is 11.4. The quantitative estimate of drug-likeness (QED) is 0.209. The Labute approximate surface area is 200 Å². The minimum absolute atomic E-state index is 0.0111. The van der Waals surface area contributed by atoms with Crippen LogP contribution in [0.4, 0.5) is 0 Å². The van der Waals surface area contributed by atoms with Crippen molar-refractivity contribution in [3.8, 4) is 22.3 Å². The lowest BCUT2D eigenvalue weighted by atomic mass is 9.67. The van der Waals surface area contributed by atoms with Crippen LogP contribution < -0.4 is 0 Å². The highest BCUT2D eigenvalue weighted by atomic mass is 14.4. The Kier molecular flexibility index (Phi) is 3.14. The summed E-state index contributed by atoms with van der Waals surface area (Å²) in [7, 11) is 0. The first-order chi connectivity index (χ1) is 16.4. The Hall–Kier alpha value is -3.64. The van der Waals surface area contributed by atoms with Gasteiger partial charge in [-0.05, 0) is 89.0 Å². The van der Waals surface area contributed by atoms with Crippen LogP contribution in [0.15, 0.2) is 84.9 Å². The van der Waals surface area contributed by atoms with Gasteiger partial charge in [0.1, 0.15) is 0 Å². The Balaban J connectivity index is 1.64. The highest BCUT2D eigenvalue weighted by molar-refractivity contribution is 6.29. The molecule has 0 heteroatoms. The molecule has 162 valence electrons. The van der Waals surface area contributed by atoms with Crippen LogP contribution in [0.2, 0.25) is 0 Å². The molecule has 0 saturated carbocycles. The van der Waals surface area contributed by atoms with Crippen LogP contribution in [0, 0.1) is 0 Å². The van der Waals surface area contributed by atoms with E-state index < -0.39 is 0 Å². The lowest BCUT2D eigenvalue weighted by Gasteiger charge is -2.36. The molecule has 34 heavy (non-hydrogen) atoms. The first-order valence-corrected chi connectivity index (χ1v) is 12.4. The summed E-state index contributed by atoms with van der Waals surface area (Å²) < 4.78 is 0. The number of benzene rings is 6. The molecule has 6 aromatic rings. The van der Waals surface area contributed by atoms with Gasteiger partial charge in [-0.2, -0.15) is 0 Å². The van der Waals surface area contributed by atoms with Crippen LogP contribution in [0.5, 0.6) is 0 Å². The van der Waals surface area contributed by atoms with Gasteiger partial charge in [0.05, 0.1) is 0 Å². The molecule has 0 heterocycles. The first kappa shape index (κ1) is 18.7. The second kappa shape index (κ2) is 5.70. The van der Waals surface area contributed by atoms with E-state index in [1.165, 1.54) is 76.8 Å². The summed E-state index contributed by atoms with van der Waals surface area (Å²) in [5.74, 6) is 0. The standard InChI is InChI=1S/C34H26/c1-33(2)26-11-7-5-9-21(26)23-15-13-19-14-16-24-29-20(18-28(33)31(23)30(19)29)17-25-22-10-6-8-12-27(22)34(3,4)32(24)25/h5-18H,1-4H3. The van der Waals surface area contributed by atoms with Gasteiger partial charge >= 0.3 is 0 Å². The molecule has 6 aromatic carbocycles. The number of hydrogen-bond acceptors (Lipinski definition) is 0. The third kappa shape index (κ3) is 1.95. The minimum Gasteiger partial charge on any atom is -0.0619 e. The van der Waals surface area contributed by atoms with E-state index in [0.717, 1.165) is 0 Å². The van der Waals surface area contributed by atoms with Crippen molar-refractivity contribution in [2.75, 3.05) is 0 Å². The van der Waals surface area contributed by atoms with Crippen molar-refractivity contribution in [3.63, 3.8) is 0 Å². The van der Waals surface area contributed by atoms with Gasteiger partial charge in [0.2, 0.25) is 0 Å². The molecule has 0 amide bonds. The topological polar surface area (TPSA) is 0 Å². The van der Waals surface area contributed by atoms with Crippen molar-refractivity contribution in [1.82, 2.24) is 0 Å². The second-order valence-electron chi connectivity index (χ2n) is 11.4. The smallest absolute Gasteiger partial charge is 0.0165 e. The molecule has 0 radical (unpaired) electrons. The average molecular weight is 435 g/mol. The van der Waals surface area contributed by atoms with Crippen molar-refractivity contribution in [2.24, 2.45) is 0 Å². The van der Waals surface area contributed by atoms with Gasteiger partial charge in [-0.15, -0.1) is 0 Å². The lowest BCUT2D eigenvalue weighted by Crippen LogP contribution is -2.23. The van der Waals surface area contributed by atoms with E-state index in [-0.39, 0.29) is 10.8 Å². The maximum absolute atomic E-state index is 2.51. The zero-order chi connectivity index (χ0) is 23.0. The molecule has 0 bridgehead atoms. The Morgan fingerprint density at radius 2 is 1.09 bits per heavy atom. The number of fused-ring (bicyclic) bond motifs is 6. The molecule has 0 aromatic heterocycles. The fraction of sp³-hybridized carbons (Fsp3) is 0.176. The summed E-state index contributed by atoms with van der Waals surface area (Å²) >= 11 is 0. The van der Waals surface area contributed by atoms with Gasteiger partial charge < -0.3 is 0 Å². The lowest BCUT2D eigenvalue weighted by molar-refractivity contribution is 0.646. The van der Waals surface area contributed by atoms with E-state index in [9.17, 15) is 0 Å². The molecule has 2 aliphatic rings. The van der Waals surface area contributed by atoms with E-state index in [0.29, 0.717) is 0 Å². The van der Waals surface area contributed by atoms with Crippen LogP contribution in [-0.4, -0.2) is 0 Å². The largest absolute Gasteiger partial charge is 0.0619 e. The highest BCUT2D eigenvalue weighted by Crippen LogP contribution is 2.56. The Morgan fingerprint density at radius 1 is 0.441 bits per heavy atom. The van der Waals surface area contributed by atoms with Crippen molar-refractivity contribution in [3.05, 3.63) is 107 Å². The normalized spacial score (nSPS) is 16.7. The predicted octanol–water partition coefficient (Wildman–Crippen LogP) is 9.20. The van der Waals surface area contributed by atoms with Crippen LogP contribution >= 0.6 is 0 Å². The molecule has 0 aliphatic heterocycles. The zero-order valence-corrected chi connectivity index (χ0v) is 20.1. The maximum Gasteiger partial charge on any atom is 0.0165 e. The van der Waals surface area contributed by atoms with Gasteiger partial charge in [-0.25, -0.2) is 0 Å². The molecule has 0 nitrogen and oxygen atoms in total. The zero-order valence-electron chi connectivity index (χ0n) is 20.1. The molecule has 0 fully saturated rings. The Morgan fingerprint density at radius 3 is 1.85 bits per heavy atom. The molecular formula is C34H26. The number of rotatable bonds is 0. The average Bonchev–Trinajstić information content (AvgIpc) is 3.08. The van der Waals surface area contributed by atoms with E-state index in [1.54, 1.807) is 0 Å². The molecule has 0 unspecified atom stereocenters. The number of hydrogen-bond donors (Lipinski definition) is 0. The summed E-state index contributed by atoms with van der Waals surface area (Å²) in [5, 5.41) is 8.47. The van der Waals surface area contributed by atoms with Crippen LogP contribution in [0.1, 0.15) is 49.9 Å². The van der Waals surface area contributed by atoms with E-state index in [2.05, 4.69) is 113 Å². The van der Waals surface area contributed by atoms with Crippen molar-refractivity contribution < 1.29 is 0 Å². The van der Waals surface area contributed by atoms with Gasteiger partial charge in [-0.1, -0.05) is 100 Å². The molecule has 8 rings (SSSR count). The monoisotopic (exact) mass is 434 g/mol. The first-order valence-electron chi connectivity index (χ1n) is 12.4. The molecule has 0 saturated heterocycles. The third-order valence-corrected chi connectivity index (χ3v) is 8.96. The SMILES string of the molecule is CC1(C)c2ccccc2-c2cc3cc4c5c(ccc6ccc(c21)c3c65)-c1ccccc1C4(C)C. The summed E-state index contributed by atoms with van der Waals surface area (Å²) in [4.78, 5) is 0. The molecule has 0 spiro atoms. The predicted molar refractivity (Wildman–Crippen MR) is 145 cm³/mol. The van der Waals surface area contributed by atoms with Crippen molar-refractivity contribution in [1.29, 1.82) is 0 Å². The third-order valence-electron chi connectivity index (χ3n) is 8.96. The van der Waals surface area contributed by atoms with E-state index in [1.807, 2.05) is 0 Å². The van der Waals surface area contributed by atoms with Gasteiger partial charge in [0.15, 0.2) is 0 Å². The fourth-order valence-electron chi connectivity index (χ4n) is 7.40. The molecular weight excluding hydrogens is 408 g/mol. The van der Waals surface area contributed by atoms with Crippen LogP contribution in [-0.2, 0) is 10.8 Å². The summed E-state index contributed by atoms with van der Waals surface area (Å²) in [6.45, 7) is 9.59. The van der Waals surface area contributed by atoms with Crippen LogP contribution in [0.25, 0.3) is 54.6 Å². The van der Waals surface area contributed by atoms with Crippen molar-refractivity contribution >= 4 is 32.3 Å². The highest BCUT2D eigenvalue weighted by Gasteiger charge is 2.39. The summed E-state index contributed by atoms with van der Waals surface area (Å²) in [6.07, 6.45) is 0. The van der Waals surface area contributed by atoms with Crippen LogP contribution in [0.3, 0.4) is 0 Å². The minimum atomic E-state index is -0.0477. The molecule has 0 atom stereocenters. The summed E-state index contributed by atoms with van der Waals surface area (Å²) in [5.41, 5.74) is 11.3. The van der Waals surface area contributed by atoms with E-state index >= 15 is 0 Å². The van der Waals surface area contributed by atoms with Crippen molar-refractivity contribution in [2.45, 2.75) is 38.5 Å². The van der Waals surface area contributed by atoms with E-state index in [4.69, 9.17) is 0 Å². The van der Waals surface area contributed by atoms with Gasteiger partial charge in [0, 0.05) is 10.8 Å². The van der Waals surface area contributed by atoms with Gasteiger partial charge in [-0.3, -0.25) is 0 Å². The molecule has 0 N–H and O–H groups in total. The Bertz CT molecular complexity index is 1840. The maximum atomic E-state index is 2.51. The molecule has 2 aliphatic carbocycles. The fourth-order valence-corrected chi connectivity index (χ4v) is 7.40. The summed E-state index contributed by atoms with van der Waals surface area (Å²) in [6, 6.07) is 32.4.